The monoisotopic (exact) mass is 355 g/mol. The van der Waals surface area contributed by atoms with Gasteiger partial charge < -0.3 is 20.1 Å². The third-order valence-electron chi connectivity index (χ3n) is 3.47. The van der Waals surface area contributed by atoms with Crippen LogP contribution in [0.1, 0.15) is 5.56 Å². The van der Waals surface area contributed by atoms with Crippen molar-refractivity contribution in [2.45, 2.75) is 6.54 Å². The SMILES string of the molecule is COc1ccc(NC(=O)/C(C#N)=C\NCc2ccc(F)cc2)cc1OC. The van der Waals surface area contributed by atoms with Crippen molar-refractivity contribution in [2.24, 2.45) is 0 Å². The normalized spacial score (nSPS) is 10.6. The average molecular weight is 355 g/mol. The van der Waals surface area contributed by atoms with Gasteiger partial charge in [-0.05, 0) is 29.8 Å². The molecule has 0 saturated heterocycles. The van der Waals surface area contributed by atoms with E-state index in [4.69, 9.17) is 9.47 Å². The molecule has 1 amide bonds. The number of nitrogens with zero attached hydrogens (tertiary/aromatic N) is 1. The van der Waals surface area contributed by atoms with Crippen molar-refractivity contribution in [3.8, 4) is 17.6 Å². The number of nitriles is 1. The van der Waals surface area contributed by atoms with Gasteiger partial charge in [-0.3, -0.25) is 4.79 Å². The van der Waals surface area contributed by atoms with E-state index in [2.05, 4.69) is 10.6 Å². The van der Waals surface area contributed by atoms with E-state index in [1.807, 2.05) is 6.07 Å². The number of nitrogens with one attached hydrogen (secondary N) is 2. The number of ether oxygens (including phenoxy) is 2. The van der Waals surface area contributed by atoms with E-state index < -0.39 is 5.91 Å². The Morgan fingerprint density at radius 2 is 1.85 bits per heavy atom. The molecule has 6 nitrogen and oxygen atoms in total. The predicted molar refractivity (Wildman–Crippen MR) is 95.1 cm³/mol. The smallest absolute Gasteiger partial charge is 0.267 e. The molecule has 0 aliphatic rings. The zero-order valence-electron chi connectivity index (χ0n) is 14.4. The summed E-state index contributed by atoms with van der Waals surface area (Å²) < 4.78 is 23.2. The highest BCUT2D eigenvalue weighted by Crippen LogP contribution is 2.29. The van der Waals surface area contributed by atoms with Crippen molar-refractivity contribution in [2.75, 3.05) is 19.5 Å². The lowest BCUT2D eigenvalue weighted by Gasteiger charge is -2.10. The van der Waals surface area contributed by atoms with Crippen LogP contribution < -0.4 is 20.1 Å². The van der Waals surface area contributed by atoms with Crippen molar-refractivity contribution in [3.05, 3.63) is 65.6 Å². The number of hydrogen-bond donors (Lipinski definition) is 2. The number of methoxy groups -OCH3 is 2. The van der Waals surface area contributed by atoms with Crippen molar-refractivity contribution in [3.63, 3.8) is 0 Å². The van der Waals surface area contributed by atoms with Crippen LogP contribution in [0.25, 0.3) is 0 Å². The number of hydrogen-bond acceptors (Lipinski definition) is 5. The molecule has 26 heavy (non-hydrogen) atoms. The van der Waals surface area contributed by atoms with Crippen LogP contribution in [-0.4, -0.2) is 20.1 Å². The molecule has 7 heteroatoms. The maximum Gasteiger partial charge on any atom is 0.267 e. The number of anilines is 1. The summed E-state index contributed by atoms with van der Waals surface area (Å²) in [5.41, 5.74) is 1.19. The molecule has 2 aromatic carbocycles. The molecule has 0 spiro atoms. The molecule has 0 bridgehead atoms. The molecule has 134 valence electrons. The Hall–Kier alpha value is -3.53. The molecule has 2 aromatic rings. The van der Waals surface area contributed by atoms with Crippen LogP contribution in [0.4, 0.5) is 10.1 Å². The van der Waals surface area contributed by atoms with E-state index in [0.29, 0.717) is 23.7 Å². The number of carbonyl (C=O) groups excluding carboxylic acids is 1. The standard InChI is InChI=1S/C19H18FN3O3/c1-25-17-8-7-16(9-18(17)26-2)23-19(24)14(10-21)12-22-11-13-3-5-15(20)6-4-13/h3-9,12,22H,11H2,1-2H3,(H,23,24)/b14-12-. The first kappa shape index (κ1) is 18.8. The number of amides is 1. The third-order valence-corrected chi connectivity index (χ3v) is 3.47. The minimum atomic E-state index is -0.564. The molecule has 0 aliphatic heterocycles. The van der Waals surface area contributed by atoms with Gasteiger partial charge in [0, 0.05) is 24.5 Å². The van der Waals surface area contributed by atoms with E-state index in [9.17, 15) is 14.4 Å². The zero-order chi connectivity index (χ0) is 18.9. The third kappa shape index (κ3) is 4.98. The molecular weight excluding hydrogens is 337 g/mol. The van der Waals surface area contributed by atoms with Gasteiger partial charge >= 0.3 is 0 Å². The minimum Gasteiger partial charge on any atom is -0.493 e. The number of carbonyl (C=O) groups is 1. The molecule has 0 aliphatic carbocycles. The lowest BCUT2D eigenvalue weighted by molar-refractivity contribution is -0.112. The van der Waals surface area contributed by atoms with Crippen molar-refractivity contribution in [1.82, 2.24) is 5.32 Å². The van der Waals surface area contributed by atoms with E-state index in [1.54, 1.807) is 30.3 Å². The van der Waals surface area contributed by atoms with Gasteiger partial charge in [0.2, 0.25) is 0 Å². The van der Waals surface area contributed by atoms with Gasteiger partial charge in [-0.25, -0.2) is 4.39 Å². The van der Waals surface area contributed by atoms with Gasteiger partial charge in [0.15, 0.2) is 11.5 Å². The lowest BCUT2D eigenvalue weighted by atomic mass is 10.2. The molecule has 0 fully saturated rings. The Labute approximate surface area is 150 Å². The van der Waals surface area contributed by atoms with E-state index in [1.165, 1.54) is 32.6 Å². The first-order valence-corrected chi connectivity index (χ1v) is 7.69. The van der Waals surface area contributed by atoms with Crippen molar-refractivity contribution >= 4 is 11.6 Å². The van der Waals surface area contributed by atoms with Crippen LogP contribution in [0.15, 0.2) is 54.2 Å². The van der Waals surface area contributed by atoms with E-state index in [-0.39, 0.29) is 11.4 Å². The summed E-state index contributed by atoms with van der Waals surface area (Å²) >= 11 is 0. The fourth-order valence-corrected chi connectivity index (χ4v) is 2.13. The quantitative estimate of drug-likeness (QED) is 0.589. The molecule has 0 saturated carbocycles. The Balaban J connectivity index is 2.01. The Kier molecular flexibility index (Phi) is 6.57. The number of rotatable bonds is 7. The van der Waals surface area contributed by atoms with Crippen LogP contribution in [0.3, 0.4) is 0 Å². The highest BCUT2D eigenvalue weighted by Gasteiger charge is 2.11. The first-order valence-electron chi connectivity index (χ1n) is 7.69. The minimum absolute atomic E-state index is 0.0955. The number of benzene rings is 2. The van der Waals surface area contributed by atoms with Gasteiger partial charge in [-0.2, -0.15) is 5.26 Å². The van der Waals surface area contributed by atoms with Gasteiger partial charge in [0.25, 0.3) is 5.91 Å². The first-order chi connectivity index (χ1) is 12.6. The van der Waals surface area contributed by atoms with Crippen LogP contribution in [0.2, 0.25) is 0 Å². The summed E-state index contributed by atoms with van der Waals surface area (Å²) in [6.07, 6.45) is 1.32. The zero-order valence-corrected chi connectivity index (χ0v) is 14.4. The second-order valence-corrected chi connectivity index (χ2v) is 5.20. The van der Waals surface area contributed by atoms with Crippen LogP contribution in [0.5, 0.6) is 11.5 Å². The average Bonchev–Trinajstić information content (AvgIpc) is 2.66. The molecule has 0 heterocycles. The predicted octanol–water partition coefficient (Wildman–Crippen LogP) is 2.98. The van der Waals surface area contributed by atoms with Crippen LogP contribution in [0, 0.1) is 17.1 Å². The van der Waals surface area contributed by atoms with E-state index in [0.717, 1.165) is 5.56 Å². The summed E-state index contributed by atoms with van der Waals surface area (Å²) in [5, 5.41) is 14.7. The highest BCUT2D eigenvalue weighted by atomic mass is 19.1. The molecule has 0 aromatic heterocycles. The molecule has 0 atom stereocenters. The summed E-state index contributed by atoms with van der Waals surface area (Å²) in [6.45, 7) is 0.356. The summed E-state index contributed by atoms with van der Waals surface area (Å²) in [7, 11) is 3.00. The summed E-state index contributed by atoms with van der Waals surface area (Å²) in [4.78, 5) is 12.2. The molecule has 0 radical (unpaired) electrons. The molecule has 0 unspecified atom stereocenters. The lowest BCUT2D eigenvalue weighted by Crippen LogP contribution is -2.16. The highest BCUT2D eigenvalue weighted by molar-refractivity contribution is 6.06. The fraction of sp³-hybridized carbons (Fsp3) is 0.158. The second kappa shape index (κ2) is 9.08. The van der Waals surface area contributed by atoms with Gasteiger partial charge in [-0.15, -0.1) is 0 Å². The Morgan fingerprint density at radius 3 is 2.46 bits per heavy atom. The molecule has 2 N–H and O–H groups in total. The Morgan fingerprint density at radius 1 is 1.15 bits per heavy atom. The topological polar surface area (TPSA) is 83.4 Å². The van der Waals surface area contributed by atoms with Crippen LogP contribution >= 0.6 is 0 Å². The van der Waals surface area contributed by atoms with Gasteiger partial charge in [0.05, 0.1) is 14.2 Å². The fourth-order valence-electron chi connectivity index (χ4n) is 2.13. The van der Waals surface area contributed by atoms with Crippen LogP contribution in [-0.2, 0) is 11.3 Å². The largest absolute Gasteiger partial charge is 0.493 e. The summed E-state index contributed by atoms with van der Waals surface area (Å²) in [6, 6.07) is 12.6. The molecule has 2 rings (SSSR count). The van der Waals surface area contributed by atoms with Gasteiger partial charge in [0.1, 0.15) is 17.5 Å². The van der Waals surface area contributed by atoms with Crippen molar-refractivity contribution < 1.29 is 18.7 Å². The number of halogens is 1. The maximum absolute atomic E-state index is 12.9. The Bertz CT molecular complexity index is 842. The summed E-state index contributed by atoms with van der Waals surface area (Å²) in [5.74, 6) is 0.104. The second-order valence-electron chi connectivity index (χ2n) is 5.20. The van der Waals surface area contributed by atoms with Gasteiger partial charge in [-0.1, -0.05) is 12.1 Å². The molecular formula is C19H18FN3O3. The van der Waals surface area contributed by atoms with E-state index >= 15 is 0 Å². The maximum atomic E-state index is 12.9. The van der Waals surface area contributed by atoms with Crippen molar-refractivity contribution in [1.29, 1.82) is 5.26 Å².